The number of esters is 2. The van der Waals surface area contributed by atoms with Crippen LogP contribution in [0.3, 0.4) is 0 Å². The van der Waals surface area contributed by atoms with E-state index in [0.717, 1.165) is 48.3 Å². The second-order valence-electron chi connectivity index (χ2n) is 12.5. The van der Waals surface area contributed by atoms with Crippen molar-refractivity contribution in [2.75, 3.05) is 27.4 Å². The number of aliphatic hydroxyl groups is 2. The number of rotatable bonds is 16. The van der Waals surface area contributed by atoms with Crippen LogP contribution >= 0.6 is 0 Å². The summed E-state index contributed by atoms with van der Waals surface area (Å²) in [4.78, 5) is 22.7. The summed E-state index contributed by atoms with van der Waals surface area (Å²) in [5.41, 5.74) is 4.19. The number of ether oxygens (including phenoxy) is 4. The molecular formula is C39H56O8. The van der Waals surface area contributed by atoms with Gasteiger partial charge in [0.2, 0.25) is 0 Å². The lowest BCUT2D eigenvalue weighted by Gasteiger charge is -2.28. The van der Waals surface area contributed by atoms with Gasteiger partial charge < -0.3 is 29.2 Å². The maximum absolute atomic E-state index is 11.4. The van der Waals surface area contributed by atoms with Crippen LogP contribution in [0.5, 0.6) is 11.5 Å². The molecule has 47 heavy (non-hydrogen) atoms. The lowest BCUT2D eigenvalue weighted by atomic mass is 9.76. The first-order chi connectivity index (χ1) is 22.5. The summed E-state index contributed by atoms with van der Waals surface area (Å²) < 4.78 is 21.1. The summed E-state index contributed by atoms with van der Waals surface area (Å²) in [6.45, 7) is 16.6. The second-order valence-corrected chi connectivity index (χ2v) is 12.5. The van der Waals surface area contributed by atoms with Crippen LogP contribution in [0.15, 0.2) is 61.7 Å². The zero-order valence-electron chi connectivity index (χ0n) is 29.3. The van der Waals surface area contributed by atoms with E-state index in [9.17, 15) is 19.8 Å². The summed E-state index contributed by atoms with van der Waals surface area (Å²) in [7, 11) is 2.70. The summed E-state index contributed by atoms with van der Waals surface area (Å²) >= 11 is 0. The van der Waals surface area contributed by atoms with E-state index in [1.165, 1.54) is 25.3 Å². The first-order valence-corrected chi connectivity index (χ1v) is 16.7. The summed E-state index contributed by atoms with van der Waals surface area (Å²) in [5.74, 6) is 0.377. The molecule has 1 aliphatic carbocycles. The normalized spacial score (nSPS) is 17.3. The molecule has 0 aliphatic heterocycles. The molecule has 0 bridgehead atoms. The minimum atomic E-state index is -0.472. The first-order valence-electron chi connectivity index (χ1n) is 16.7. The number of benzene rings is 2. The molecule has 1 fully saturated rings. The number of carbonyl (C=O) groups excluding carboxylic acids is 2. The zero-order valence-corrected chi connectivity index (χ0v) is 29.3. The van der Waals surface area contributed by atoms with E-state index in [0.29, 0.717) is 25.7 Å². The van der Waals surface area contributed by atoms with Crippen LogP contribution in [0.4, 0.5) is 0 Å². The second kappa shape index (κ2) is 19.9. The number of carbonyl (C=O) groups is 2. The van der Waals surface area contributed by atoms with E-state index in [1.54, 1.807) is 0 Å². The third-order valence-electron chi connectivity index (χ3n) is 8.87. The Labute approximate surface area is 281 Å². The van der Waals surface area contributed by atoms with Crippen molar-refractivity contribution >= 4 is 11.9 Å². The third kappa shape index (κ3) is 11.5. The average Bonchev–Trinajstić information content (AvgIpc) is 3.09. The minimum absolute atomic E-state index is 0.255. The molecule has 2 N–H and O–H groups in total. The molecule has 2 aromatic carbocycles. The standard InChI is InChI=1S/C29H40O4.C10H16O4/c1-7-11-21-17-23(13-15-27(21)32-19-25(30)9-3)29(5,6)24-14-16-28(22(18-24)12-8-2)33-20-26(31)10-4;1-13-9(11)7-5-3-4-6-8(7)10(12)14-2/h7-8,13-18,25-26,30-31H,1-2,9-12,19-20H2,3-6H3;7-8H,3-6H2,1-2H3. The van der Waals surface area contributed by atoms with E-state index in [2.05, 4.69) is 60.7 Å². The number of aliphatic hydroxyl groups excluding tert-OH is 2. The lowest BCUT2D eigenvalue weighted by molar-refractivity contribution is -0.159. The Balaban J connectivity index is 0.000000456. The van der Waals surface area contributed by atoms with Crippen molar-refractivity contribution in [1.29, 1.82) is 0 Å². The highest BCUT2D eigenvalue weighted by Crippen LogP contribution is 2.37. The molecule has 0 heterocycles. The maximum atomic E-state index is 11.4. The van der Waals surface area contributed by atoms with Crippen LogP contribution in [0.1, 0.15) is 88.5 Å². The number of hydrogen-bond donors (Lipinski definition) is 2. The zero-order chi connectivity index (χ0) is 35.0. The van der Waals surface area contributed by atoms with E-state index < -0.39 is 12.2 Å². The van der Waals surface area contributed by atoms with Crippen molar-refractivity contribution in [3.05, 3.63) is 84.0 Å². The van der Waals surface area contributed by atoms with Crippen LogP contribution in [0, 0.1) is 11.8 Å². The van der Waals surface area contributed by atoms with E-state index >= 15 is 0 Å². The molecule has 0 radical (unpaired) electrons. The fraction of sp³-hybridized carbons (Fsp3) is 0.538. The first kappa shape index (κ1) is 39.6. The Morgan fingerprint density at radius 1 is 0.787 bits per heavy atom. The van der Waals surface area contributed by atoms with Gasteiger partial charge in [-0.2, -0.15) is 0 Å². The van der Waals surface area contributed by atoms with Gasteiger partial charge >= 0.3 is 11.9 Å². The molecule has 4 unspecified atom stereocenters. The number of hydrogen-bond acceptors (Lipinski definition) is 8. The predicted molar refractivity (Wildman–Crippen MR) is 186 cm³/mol. The number of allylic oxidation sites excluding steroid dienone is 2. The van der Waals surface area contributed by atoms with Gasteiger partial charge in [-0.3, -0.25) is 9.59 Å². The fourth-order valence-corrected chi connectivity index (χ4v) is 5.62. The molecule has 0 amide bonds. The van der Waals surface area contributed by atoms with E-state index in [4.69, 9.17) is 9.47 Å². The molecule has 1 saturated carbocycles. The molecular weight excluding hydrogens is 596 g/mol. The Hall–Kier alpha value is -3.62. The van der Waals surface area contributed by atoms with Gasteiger partial charge in [0.1, 0.15) is 24.7 Å². The highest BCUT2D eigenvalue weighted by Gasteiger charge is 2.37. The monoisotopic (exact) mass is 652 g/mol. The van der Waals surface area contributed by atoms with Crippen molar-refractivity contribution in [1.82, 2.24) is 0 Å². The summed E-state index contributed by atoms with van der Waals surface area (Å²) in [5, 5.41) is 19.7. The largest absolute Gasteiger partial charge is 0.491 e. The smallest absolute Gasteiger partial charge is 0.309 e. The molecule has 3 rings (SSSR count). The van der Waals surface area contributed by atoms with E-state index in [1.807, 2.05) is 38.1 Å². The molecule has 8 nitrogen and oxygen atoms in total. The van der Waals surface area contributed by atoms with Gasteiger partial charge in [-0.1, -0.05) is 77.0 Å². The Kier molecular flexibility index (Phi) is 16.8. The Bertz CT molecular complexity index is 1200. The van der Waals surface area contributed by atoms with Gasteiger partial charge in [-0.15, -0.1) is 13.2 Å². The summed E-state index contributed by atoms with van der Waals surface area (Å²) in [6, 6.07) is 12.5. The fourth-order valence-electron chi connectivity index (χ4n) is 5.62. The van der Waals surface area contributed by atoms with Gasteiger partial charge in [0.05, 0.1) is 38.3 Å². The van der Waals surface area contributed by atoms with Crippen LogP contribution in [0.2, 0.25) is 0 Å². The maximum Gasteiger partial charge on any atom is 0.309 e. The Morgan fingerprint density at radius 2 is 1.17 bits per heavy atom. The quantitative estimate of drug-likeness (QED) is 0.149. The highest BCUT2D eigenvalue weighted by molar-refractivity contribution is 5.82. The van der Waals surface area contributed by atoms with Crippen LogP contribution in [0.25, 0.3) is 0 Å². The third-order valence-corrected chi connectivity index (χ3v) is 8.87. The molecule has 0 saturated heterocycles. The molecule has 0 aromatic heterocycles. The molecule has 8 heteroatoms. The van der Waals surface area contributed by atoms with Gasteiger partial charge in [-0.25, -0.2) is 0 Å². The van der Waals surface area contributed by atoms with Crippen LogP contribution in [-0.2, 0) is 37.3 Å². The Morgan fingerprint density at radius 3 is 1.49 bits per heavy atom. The van der Waals surface area contributed by atoms with E-state index in [-0.39, 0.29) is 42.4 Å². The molecule has 4 atom stereocenters. The van der Waals surface area contributed by atoms with Gasteiger partial charge in [0.25, 0.3) is 0 Å². The molecule has 1 aliphatic rings. The average molecular weight is 653 g/mol. The topological polar surface area (TPSA) is 112 Å². The van der Waals surface area contributed by atoms with Gasteiger partial charge in [0, 0.05) is 5.41 Å². The van der Waals surface area contributed by atoms with Crippen molar-refractivity contribution in [3.63, 3.8) is 0 Å². The van der Waals surface area contributed by atoms with Crippen molar-refractivity contribution < 1.29 is 38.7 Å². The highest BCUT2D eigenvalue weighted by atomic mass is 16.5. The lowest BCUT2D eigenvalue weighted by Crippen LogP contribution is -2.34. The van der Waals surface area contributed by atoms with Gasteiger partial charge in [0.15, 0.2) is 0 Å². The van der Waals surface area contributed by atoms with Crippen LogP contribution in [-0.4, -0.2) is 61.8 Å². The molecule has 260 valence electrons. The van der Waals surface area contributed by atoms with Crippen molar-refractivity contribution in [2.45, 2.75) is 96.7 Å². The van der Waals surface area contributed by atoms with Gasteiger partial charge in [-0.05, 0) is 72.9 Å². The van der Waals surface area contributed by atoms with Crippen molar-refractivity contribution in [2.24, 2.45) is 11.8 Å². The molecule has 2 aromatic rings. The molecule has 0 spiro atoms. The predicted octanol–water partition coefficient (Wildman–Crippen LogP) is 6.91. The summed E-state index contributed by atoms with van der Waals surface area (Å²) in [6.07, 6.45) is 8.91. The number of methoxy groups -OCH3 is 2. The SMILES string of the molecule is C=CCc1cc(C(C)(C)c2ccc(OCC(O)CC)c(CC=C)c2)ccc1OCC(O)CC.COC(=O)C1CCCCC1C(=O)OC. The minimum Gasteiger partial charge on any atom is -0.491 e. The van der Waals surface area contributed by atoms with Crippen molar-refractivity contribution in [3.8, 4) is 11.5 Å². The van der Waals surface area contributed by atoms with Crippen LogP contribution < -0.4 is 9.47 Å².